The Morgan fingerprint density at radius 2 is 1.92 bits per heavy atom. The first-order valence-electron chi connectivity index (χ1n) is 5.30. The van der Waals surface area contributed by atoms with Gasteiger partial charge in [0.2, 0.25) is 0 Å². The SMILES string of the molecule is COCCC(=N)C1CCC(C)CC1. The summed E-state index contributed by atoms with van der Waals surface area (Å²) < 4.78 is 4.98. The van der Waals surface area contributed by atoms with Crippen molar-refractivity contribution < 1.29 is 4.74 Å². The maximum absolute atomic E-state index is 7.87. The molecule has 1 fully saturated rings. The van der Waals surface area contributed by atoms with Gasteiger partial charge in [0, 0.05) is 19.2 Å². The van der Waals surface area contributed by atoms with Gasteiger partial charge in [-0.3, -0.25) is 0 Å². The van der Waals surface area contributed by atoms with Crippen molar-refractivity contribution in [1.82, 2.24) is 0 Å². The molecular weight excluding hydrogens is 162 g/mol. The molecule has 0 atom stereocenters. The molecule has 1 N–H and O–H groups in total. The van der Waals surface area contributed by atoms with Crippen LogP contribution in [0.15, 0.2) is 0 Å². The molecule has 1 saturated carbocycles. The van der Waals surface area contributed by atoms with Crippen LogP contribution >= 0.6 is 0 Å². The zero-order valence-corrected chi connectivity index (χ0v) is 8.81. The second-order valence-corrected chi connectivity index (χ2v) is 4.22. The molecule has 0 amide bonds. The lowest BCUT2D eigenvalue weighted by molar-refractivity contribution is 0.205. The maximum atomic E-state index is 7.87. The predicted molar refractivity (Wildman–Crippen MR) is 55.3 cm³/mol. The normalized spacial score (nSPS) is 28.8. The molecule has 0 aromatic carbocycles. The molecule has 0 unspecified atom stereocenters. The number of hydrogen-bond donors (Lipinski definition) is 1. The van der Waals surface area contributed by atoms with Gasteiger partial charge < -0.3 is 10.1 Å². The highest BCUT2D eigenvalue weighted by molar-refractivity contribution is 5.83. The van der Waals surface area contributed by atoms with Crippen molar-refractivity contribution >= 4 is 5.71 Å². The van der Waals surface area contributed by atoms with Crippen molar-refractivity contribution in [2.24, 2.45) is 11.8 Å². The van der Waals surface area contributed by atoms with Gasteiger partial charge >= 0.3 is 0 Å². The summed E-state index contributed by atoms with van der Waals surface area (Å²) in [6.45, 7) is 3.03. The third-order valence-electron chi connectivity index (χ3n) is 3.08. The van der Waals surface area contributed by atoms with E-state index in [4.69, 9.17) is 10.1 Å². The Morgan fingerprint density at radius 3 is 2.46 bits per heavy atom. The molecule has 2 nitrogen and oxygen atoms in total. The summed E-state index contributed by atoms with van der Waals surface area (Å²) in [6, 6.07) is 0. The summed E-state index contributed by atoms with van der Waals surface area (Å²) in [5, 5.41) is 7.87. The van der Waals surface area contributed by atoms with E-state index in [0.717, 1.165) is 18.1 Å². The minimum Gasteiger partial charge on any atom is -0.384 e. The van der Waals surface area contributed by atoms with Gasteiger partial charge in [0.25, 0.3) is 0 Å². The van der Waals surface area contributed by atoms with Crippen LogP contribution in [0.3, 0.4) is 0 Å². The first-order valence-corrected chi connectivity index (χ1v) is 5.30. The minimum absolute atomic E-state index is 0.561. The molecule has 1 rings (SSSR count). The quantitative estimate of drug-likeness (QED) is 0.668. The Labute approximate surface area is 81.2 Å². The molecule has 0 heterocycles. The van der Waals surface area contributed by atoms with Crippen molar-refractivity contribution in [1.29, 1.82) is 5.41 Å². The molecule has 0 bridgehead atoms. The molecule has 0 spiro atoms. The van der Waals surface area contributed by atoms with E-state index in [-0.39, 0.29) is 0 Å². The zero-order chi connectivity index (χ0) is 9.68. The van der Waals surface area contributed by atoms with Gasteiger partial charge in [-0.1, -0.05) is 19.8 Å². The number of hydrogen-bond acceptors (Lipinski definition) is 2. The van der Waals surface area contributed by atoms with Gasteiger partial charge in [-0.25, -0.2) is 0 Å². The van der Waals surface area contributed by atoms with E-state index >= 15 is 0 Å². The van der Waals surface area contributed by atoms with Gasteiger partial charge in [0.1, 0.15) is 0 Å². The Hall–Kier alpha value is -0.370. The fourth-order valence-corrected chi connectivity index (χ4v) is 2.02. The van der Waals surface area contributed by atoms with Crippen LogP contribution in [0.5, 0.6) is 0 Å². The number of nitrogens with one attached hydrogen (secondary N) is 1. The molecule has 1 aliphatic carbocycles. The zero-order valence-electron chi connectivity index (χ0n) is 8.81. The summed E-state index contributed by atoms with van der Waals surface area (Å²) in [6.07, 6.45) is 5.89. The lowest BCUT2D eigenvalue weighted by atomic mass is 9.80. The van der Waals surface area contributed by atoms with E-state index in [1.54, 1.807) is 7.11 Å². The summed E-state index contributed by atoms with van der Waals surface area (Å²) in [5.74, 6) is 1.44. The van der Waals surface area contributed by atoms with Crippen LogP contribution in [0.25, 0.3) is 0 Å². The van der Waals surface area contributed by atoms with Crippen LogP contribution in [0.2, 0.25) is 0 Å². The smallest absolute Gasteiger partial charge is 0.0514 e. The van der Waals surface area contributed by atoms with Gasteiger partial charge in [-0.15, -0.1) is 0 Å². The van der Waals surface area contributed by atoms with E-state index in [2.05, 4.69) is 6.92 Å². The second kappa shape index (κ2) is 5.38. The summed E-state index contributed by atoms with van der Waals surface area (Å²) in [4.78, 5) is 0. The largest absolute Gasteiger partial charge is 0.384 e. The summed E-state index contributed by atoms with van der Waals surface area (Å²) in [5.41, 5.74) is 0.911. The fraction of sp³-hybridized carbons (Fsp3) is 0.909. The number of ether oxygens (including phenoxy) is 1. The monoisotopic (exact) mass is 183 g/mol. The Morgan fingerprint density at radius 1 is 1.31 bits per heavy atom. The summed E-state index contributed by atoms with van der Waals surface area (Å²) >= 11 is 0. The highest BCUT2D eigenvalue weighted by Crippen LogP contribution is 2.29. The molecule has 1 aliphatic rings. The third-order valence-corrected chi connectivity index (χ3v) is 3.08. The Balaban J connectivity index is 2.23. The van der Waals surface area contributed by atoms with Crippen molar-refractivity contribution in [2.75, 3.05) is 13.7 Å². The number of rotatable bonds is 4. The molecule has 0 radical (unpaired) electrons. The fourth-order valence-electron chi connectivity index (χ4n) is 2.02. The predicted octanol–water partition coefficient (Wildman–Crippen LogP) is 2.87. The van der Waals surface area contributed by atoms with Crippen molar-refractivity contribution in [3.8, 4) is 0 Å². The van der Waals surface area contributed by atoms with E-state index in [9.17, 15) is 0 Å². The van der Waals surface area contributed by atoms with E-state index in [1.165, 1.54) is 25.7 Å². The molecule has 0 aromatic heterocycles. The number of methoxy groups -OCH3 is 1. The maximum Gasteiger partial charge on any atom is 0.0514 e. The van der Waals surface area contributed by atoms with E-state index in [0.29, 0.717) is 12.5 Å². The molecule has 76 valence electrons. The molecular formula is C11H21NO. The lowest BCUT2D eigenvalue weighted by Gasteiger charge is -2.26. The second-order valence-electron chi connectivity index (χ2n) is 4.22. The van der Waals surface area contributed by atoms with Gasteiger partial charge in [0.05, 0.1) is 6.61 Å². The first-order chi connectivity index (χ1) is 6.24. The van der Waals surface area contributed by atoms with Crippen molar-refractivity contribution in [3.63, 3.8) is 0 Å². The molecule has 0 aliphatic heterocycles. The average molecular weight is 183 g/mol. The van der Waals surface area contributed by atoms with Gasteiger partial charge in [-0.2, -0.15) is 0 Å². The van der Waals surface area contributed by atoms with Gasteiger partial charge in [-0.05, 0) is 24.7 Å². The van der Waals surface area contributed by atoms with E-state index < -0.39 is 0 Å². The van der Waals surface area contributed by atoms with Crippen LogP contribution in [0, 0.1) is 17.2 Å². The lowest BCUT2D eigenvalue weighted by Crippen LogP contribution is -2.21. The Bertz CT molecular complexity index is 159. The van der Waals surface area contributed by atoms with Crippen LogP contribution in [-0.2, 0) is 4.74 Å². The highest BCUT2D eigenvalue weighted by Gasteiger charge is 2.21. The van der Waals surface area contributed by atoms with Crippen LogP contribution in [-0.4, -0.2) is 19.4 Å². The highest BCUT2D eigenvalue weighted by atomic mass is 16.5. The minimum atomic E-state index is 0.561. The van der Waals surface area contributed by atoms with Crippen LogP contribution in [0.1, 0.15) is 39.0 Å². The van der Waals surface area contributed by atoms with Crippen LogP contribution < -0.4 is 0 Å². The topological polar surface area (TPSA) is 33.1 Å². The van der Waals surface area contributed by atoms with Crippen LogP contribution in [0.4, 0.5) is 0 Å². The van der Waals surface area contributed by atoms with Crippen molar-refractivity contribution in [3.05, 3.63) is 0 Å². The average Bonchev–Trinajstić information content (AvgIpc) is 2.15. The first kappa shape index (κ1) is 10.7. The van der Waals surface area contributed by atoms with E-state index in [1.807, 2.05) is 0 Å². The molecule has 0 aromatic rings. The third kappa shape index (κ3) is 3.47. The molecule has 2 heteroatoms. The van der Waals surface area contributed by atoms with Crippen molar-refractivity contribution in [2.45, 2.75) is 39.0 Å². The standard InChI is InChI=1S/C11H21NO/c1-9-3-5-10(6-4-9)11(12)7-8-13-2/h9-10,12H,3-8H2,1-2H3. The molecule has 13 heavy (non-hydrogen) atoms. The van der Waals surface area contributed by atoms with Gasteiger partial charge in [0.15, 0.2) is 0 Å². The summed E-state index contributed by atoms with van der Waals surface area (Å²) in [7, 11) is 1.70. The Kier molecular flexibility index (Phi) is 4.43. The molecule has 0 saturated heterocycles.